The van der Waals surface area contributed by atoms with Crippen molar-refractivity contribution >= 4 is 23.2 Å². The highest BCUT2D eigenvalue weighted by atomic mass is 35.5. The Morgan fingerprint density at radius 2 is 2.33 bits per heavy atom. The molecular weight excluding hydrogens is 256 g/mol. The quantitative estimate of drug-likeness (QED) is 0.725. The molecule has 3 heterocycles. The maximum Gasteiger partial charge on any atom is 0.255 e. The van der Waals surface area contributed by atoms with E-state index in [2.05, 4.69) is 25.4 Å². The van der Waals surface area contributed by atoms with Gasteiger partial charge in [0.05, 0.1) is 12.7 Å². The third-order valence-corrected chi connectivity index (χ3v) is 2.50. The first kappa shape index (κ1) is 11.0. The second kappa shape index (κ2) is 4.26. The molecule has 8 heteroatoms. The number of rotatable bonds is 3. The van der Waals surface area contributed by atoms with Crippen LogP contribution in [-0.2, 0) is 6.54 Å². The second-order valence-electron chi connectivity index (χ2n) is 3.65. The minimum Gasteiger partial charge on any atom is -0.444 e. The van der Waals surface area contributed by atoms with Crippen molar-refractivity contribution in [1.29, 1.82) is 0 Å². The predicted molar refractivity (Wildman–Crippen MR) is 64.4 cm³/mol. The second-order valence-corrected chi connectivity index (χ2v) is 4.04. The summed E-state index contributed by atoms with van der Waals surface area (Å²) in [6.07, 6.45) is 3.08. The third kappa shape index (κ3) is 2.00. The van der Waals surface area contributed by atoms with Crippen molar-refractivity contribution in [2.75, 3.05) is 5.32 Å². The van der Waals surface area contributed by atoms with Crippen LogP contribution in [0.5, 0.6) is 0 Å². The van der Waals surface area contributed by atoms with E-state index in [1.165, 1.54) is 6.33 Å². The van der Waals surface area contributed by atoms with Gasteiger partial charge >= 0.3 is 0 Å². The summed E-state index contributed by atoms with van der Waals surface area (Å²) >= 11 is 5.90. The van der Waals surface area contributed by atoms with Gasteiger partial charge in [-0.05, 0) is 6.92 Å². The van der Waals surface area contributed by atoms with Gasteiger partial charge in [-0.25, -0.2) is 4.98 Å². The highest BCUT2D eigenvalue weighted by molar-refractivity contribution is 6.29. The van der Waals surface area contributed by atoms with Crippen molar-refractivity contribution in [2.45, 2.75) is 13.5 Å². The summed E-state index contributed by atoms with van der Waals surface area (Å²) in [4.78, 5) is 12.1. The Bertz CT molecular complexity index is 691. The molecule has 3 rings (SSSR count). The molecule has 0 radical (unpaired) electrons. The molecule has 0 amide bonds. The Morgan fingerprint density at radius 3 is 3.11 bits per heavy atom. The van der Waals surface area contributed by atoms with Gasteiger partial charge < -0.3 is 9.73 Å². The normalized spacial score (nSPS) is 11.0. The van der Waals surface area contributed by atoms with Gasteiger partial charge in [0.25, 0.3) is 5.78 Å². The fourth-order valence-electron chi connectivity index (χ4n) is 1.56. The van der Waals surface area contributed by atoms with Crippen LogP contribution < -0.4 is 5.32 Å². The first-order chi connectivity index (χ1) is 8.72. The van der Waals surface area contributed by atoms with Crippen LogP contribution in [0.25, 0.3) is 5.78 Å². The highest BCUT2D eigenvalue weighted by Crippen LogP contribution is 2.15. The first-order valence-corrected chi connectivity index (χ1v) is 5.61. The SMILES string of the molecule is Cc1cnc(CNc2cc(Cl)nc3ncnn23)o1. The van der Waals surface area contributed by atoms with Gasteiger partial charge in [-0.2, -0.15) is 19.6 Å². The molecule has 0 saturated carbocycles. The fourth-order valence-corrected chi connectivity index (χ4v) is 1.74. The standard InChI is InChI=1S/C10H9ClN6O/c1-6-3-13-9(18-6)4-12-8-2-7(11)16-10-14-5-15-17(8)10/h2-3,5,12H,4H2,1H3. The highest BCUT2D eigenvalue weighted by Gasteiger charge is 2.07. The van der Waals surface area contributed by atoms with E-state index in [0.29, 0.717) is 29.2 Å². The molecule has 0 aromatic carbocycles. The van der Waals surface area contributed by atoms with Crippen molar-refractivity contribution in [2.24, 2.45) is 0 Å². The molecule has 7 nitrogen and oxygen atoms in total. The maximum absolute atomic E-state index is 5.90. The van der Waals surface area contributed by atoms with Crippen LogP contribution in [0.4, 0.5) is 5.82 Å². The minimum atomic E-state index is 0.349. The van der Waals surface area contributed by atoms with Crippen LogP contribution in [0.15, 0.2) is 23.0 Å². The van der Waals surface area contributed by atoms with E-state index in [-0.39, 0.29) is 0 Å². The zero-order valence-corrected chi connectivity index (χ0v) is 10.2. The average Bonchev–Trinajstić information content (AvgIpc) is 2.94. The molecule has 3 aromatic heterocycles. The number of aryl methyl sites for hydroxylation is 1. The predicted octanol–water partition coefficient (Wildman–Crippen LogP) is 1.69. The Morgan fingerprint density at radius 1 is 1.44 bits per heavy atom. The molecule has 0 bridgehead atoms. The Labute approximate surface area is 107 Å². The zero-order valence-electron chi connectivity index (χ0n) is 9.46. The Balaban J connectivity index is 1.87. The van der Waals surface area contributed by atoms with Crippen molar-refractivity contribution in [3.05, 3.63) is 35.4 Å². The van der Waals surface area contributed by atoms with Crippen LogP contribution in [-0.4, -0.2) is 24.6 Å². The molecule has 0 atom stereocenters. The Kier molecular flexibility index (Phi) is 2.60. The molecule has 0 spiro atoms. The number of halogens is 1. The van der Waals surface area contributed by atoms with Gasteiger partial charge in [0.15, 0.2) is 0 Å². The number of oxazole rings is 1. The van der Waals surface area contributed by atoms with Gasteiger partial charge in [0.1, 0.15) is 23.1 Å². The number of nitrogens with zero attached hydrogens (tertiary/aromatic N) is 5. The van der Waals surface area contributed by atoms with E-state index in [0.717, 1.165) is 5.76 Å². The minimum absolute atomic E-state index is 0.349. The van der Waals surface area contributed by atoms with Crippen LogP contribution in [0, 0.1) is 6.92 Å². The lowest BCUT2D eigenvalue weighted by atomic mass is 10.5. The number of fused-ring (bicyclic) bond motifs is 1. The van der Waals surface area contributed by atoms with E-state index in [1.54, 1.807) is 16.8 Å². The third-order valence-electron chi connectivity index (χ3n) is 2.31. The number of nitrogens with one attached hydrogen (secondary N) is 1. The molecule has 18 heavy (non-hydrogen) atoms. The monoisotopic (exact) mass is 264 g/mol. The Hall–Kier alpha value is -2.15. The molecule has 1 N–H and O–H groups in total. The first-order valence-electron chi connectivity index (χ1n) is 5.24. The molecule has 0 saturated heterocycles. The molecule has 0 fully saturated rings. The van der Waals surface area contributed by atoms with Crippen LogP contribution in [0.3, 0.4) is 0 Å². The molecule has 3 aromatic rings. The summed E-state index contributed by atoms with van der Waals surface area (Å²) in [5, 5.41) is 7.52. The number of anilines is 1. The van der Waals surface area contributed by atoms with E-state index in [1.807, 2.05) is 6.92 Å². The molecule has 92 valence electrons. The van der Waals surface area contributed by atoms with E-state index in [4.69, 9.17) is 16.0 Å². The van der Waals surface area contributed by atoms with Crippen molar-refractivity contribution in [1.82, 2.24) is 24.6 Å². The summed E-state index contributed by atoms with van der Waals surface area (Å²) in [5.74, 6) is 2.48. The summed E-state index contributed by atoms with van der Waals surface area (Å²) in [6, 6.07) is 1.67. The molecule has 0 unspecified atom stereocenters. The average molecular weight is 265 g/mol. The van der Waals surface area contributed by atoms with Crippen LogP contribution in [0.1, 0.15) is 11.7 Å². The lowest BCUT2D eigenvalue weighted by Crippen LogP contribution is -2.06. The number of aromatic nitrogens is 5. The largest absolute Gasteiger partial charge is 0.444 e. The van der Waals surface area contributed by atoms with Crippen LogP contribution in [0.2, 0.25) is 5.15 Å². The summed E-state index contributed by atoms with van der Waals surface area (Å²) < 4.78 is 6.92. The van der Waals surface area contributed by atoms with E-state index >= 15 is 0 Å². The fraction of sp³-hybridized carbons (Fsp3) is 0.200. The van der Waals surface area contributed by atoms with Crippen LogP contribution >= 0.6 is 11.6 Å². The van der Waals surface area contributed by atoms with Gasteiger partial charge in [0, 0.05) is 6.07 Å². The van der Waals surface area contributed by atoms with E-state index < -0.39 is 0 Å². The lowest BCUT2D eigenvalue weighted by molar-refractivity contribution is 0.478. The number of hydrogen-bond donors (Lipinski definition) is 1. The van der Waals surface area contributed by atoms with E-state index in [9.17, 15) is 0 Å². The van der Waals surface area contributed by atoms with Crippen molar-refractivity contribution in [3.8, 4) is 0 Å². The van der Waals surface area contributed by atoms with Crippen molar-refractivity contribution < 1.29 is 4.42 Å². The molecule has 0 aliphatic rings. The molecule has 0 aliphatic heterocycles. The van der Waals surface area contributed by atoms with Gasteiger partial charge in [-0.1, -0.05) is 11.6 Å². The van der Waals surface area contributed by atoms with Gasteiger partial charge in [-0.3, -0.25) is 0 Å². The summed E-state index contributed by atoms with van der Waals surface area (Å²) in [7, 11) is 0. The summed E-state index contributed by atoms with van der Waals surface area (Å²) in [6.45, 7) is 2.28. The summed E-state index contributed by atoms with van der Waals surface area (Å²) in [5.41, 5.74) is 0. The van der Waals surface area contributed by atoms with Gasteiger partial charge in [-0.15, -0.1) is 0 Å². The topological polar surface area (TPSA) is 81.1 Å². The van der Waals surface area contributed by atoms with Crippen molar-refractivity contribution in [3.63, 3.8) is 0 Å². The number of hydrogen-bond acceptors (Lipinski definition) is 6. The maximum atomic E-state index is 5.90. The molecule has 0 aliphatic carbocycles. The molecular formula is C10H9ClN6O. The zero-order chi connectivity index (χ0) is 12.5. The lowest BCUT2D eigenvalue weighted by Gasteiger charge is -2.05. The smallest absolute Gasteiger partial charge is 0.255 e. The van der Waals surface area contributed by atoms with Gasteiger partial charge in [0.2, 0.25) is 5.89 Å².